The summed E-state index contributed by atoms with van der Waals surface area (Å²) in [5.74, 6) is 0.506. The highest BCUT2D eigenvalue weighted by molar-refractivity contribution is 5.94. The Balaban J connectivity index is 1.65. The molecule has 4 rings (SSSR count). The Hall–Kier alpha value is -2.63. The second kappa shape index (κ2) is 7.55. The van der Waals surface area contributed by atoms with Crippen molar-refractivity contribution in [3.05, 3.63) is 41.7 Å². The third-order valence-corrected chi connectivity index (χ3v) is 5.79. The number of hydrogen-bond donors (Lipinski definition) is 1. The van der Waals surface area contributed by atoms with Crippen LogP contribution in [-0.4, -0.2) is 39.4 Å². The van der Waals surface area contributed by atoms with Crippen molar-refractivity contribution < 1.29 is 9.59 Å². The van der Waals surface area contributed by atoms with Crippen LogP contribution in [0.2, 0.25) is 0 Å². The van der Waals surface area contributed by atoms with E-state index >= 15 is 0 Å². The van der Waals surface area contributed by atoms with Gasteiger partial charge in [0.15, 0.2) is 0 Å². The molecule has 0 saturated carbocycles. The topological polar surface area (TPSA) is 81.2 Å². The van der Waals surface area contributed by atoms with Crippen LogP contribution >= 0.6 is 0 Å². The Morgan fingerprint density at radius 3 is 2.44 bits per heavy atom. The molecule has 1 aromatic carbocycles. The Labute approximate surface area is 159 Å². The average molecular weight is 366 g/mol. The highest BCUT2D eigenvalue weighted by atomic mass is 16.2. The Morgan fingerprint density at radius 2 is 1.74 bits per heavy atom. The first-order valence-electron chi connectivity index (χ1n) is 9.88. The fourth-order valence-corrected chi connectivity index (χ4v) is 4.22. The molecule has 0 unspecified atom stereocenters. The maximum Gasteiger partial charge on any atom is 0.274 e. The highest BCUT2D eigenvalue weighted by Gasteiger charge is 2.31. The van der Waals surface area contributed by atoms with Gasteiger partial charge < -0.3 is 15.2 Å². The number of piperidine rings is 1. The molecule has 2 aromatic rings. The number of imidazole rings is 1. The summed E-state index contributed by atoms with van der Waals surface area (Å²) in [6, 6.07) is 10.1. The Bertz CT molecular complexity index is 835. The fourth-order valence-electron chi connectivity index (χ4n) is 4.22. The summed E-state index contributed by atoms with van der Waals surface area (Å²) in [4.78, 5) is 31.3. The number of nitrogens with two attached hydrogens (primary N) is 1. The molecule has 2 N–H and O–H groups in total. The first kappa shape index (κ1) is 17.8. The van der Waals surface area contributed by atoms with Gasteiger partial charge in [-0.3, -0.25) is 9.59 Å². The molecule has 2 aliphatic heterocycles. The van der Waals surface area contributed by atoms with Crippen LogP contribution in [0, 0.1) is 5.92 Å². The summed E-state index contributed by atoms with van der Waals surface area (Å²) in [6.45, 7) is 2.04. The lowest BCUT2D eigenvalue weighted by Gasteiger charge is -2.30. The van der Waals surface area contributed by atoms with E-state index in [1.807, 2.05) is 35.2 Å². The van der Waals surface area contributed by atoms with E-state index in [1.54, 1.807) is 0 Å². The van der Waals surface area contributed by atoms with Crippen LogP contribution in [0.4, 0.5) is 0 Å². The van der Waals surface area contributed by atoms with E-state index in [-0.39, 0.29) is 17.7 Å². The monoisotopic (exact) mass is 366 g/mol. The zero-order valence-electron chi connectivity index (χ0n) is 15.6. The molecule has 6 heteroatoms. The van der Waals surface area contributed by atoms with E-state index < -0.39 is 0 Å². The zero-order chi connectivity index (χ0) is 18.8. The number of hydrogen-bond acceptors (Lipinski definition) is 3. The lowest BCUT2D eigenvalue weighted by Crippen LogP contribution is -2.42. The van der Waals surface area contributed by atoms with E-state index in [2.05, 4.69) is 4.57 Å². The average Bonchev–Trinajstić information content (AvgIpc) is 2.89. The molecular weight excluding hydrogens is 340 g/mol. The van der Waals surface area contributed by atoms with Gasteiger partial charge in [0.1, 0.15) is 11.5 Å². The maximum atomic E-state index is 13.2. The molecule has 0 aliphatic carbocycles. The summed E-state index contributed by atoms with van der Waals surface area (Å²) >= 11 is 0. The van der Waals surface area contributed by atoms with Crippen LogP contribution in [0.25, 0.3) is 11.4 Å². The van der Waals surface area contributed by atoms with Crippen LogP contribution in [0.1, 0.15) is 48.3 Å². The molecule has 6 nitrogen and oxygen atoms in total. The van der Waals surface area contributed by atoms with Crippen molar-refractivity contribution in [2.45, 2.75) is 45.1 Å². The summed E-state index contributed by atoms with van der Waals surface area (Å²) in [5.41, 5.74) is 8.12. The number of primary amides is 1. The molecule has 27 heavy (non-hydrogen) atoms. The minimum atomic E-state index is -0.260. The molecule has 142 valence electrons. The van der Waals surface area contributed by atoms with E-state index in [9.17, 15) is 9.59 Å². The van der Waals surface area contributed by atoms with Gasteiger partial charge in [-0.05, 0) is 32.1 Å². The number of fused-ring (bicyclic) bond motifs is 1. The molecule has 1 saturated heterocycles. The van der Waals surface area contributed by atoms with E-state index in [0.717, 1.165) is 42.9 Å². The predicted molar refractivity (Wildman–Crippen MR) is 103 cm³/mol. The van der Waals surface area contributed by atoms with Gasteiger partial charge in [0.25, 0.3) is 5.91 Å². The van der Waals surface area contributed by atoms with Gasteiger partial charge in [-0.15, -0.1) is 0 Å². The van der Waals surface area contributed by atoms with Crippen LogP contribution in [0.3, 0.4) is 0 Å². The van der Waals surface area contributed by atoms with Crippen molar-refractivity contribution in [3.63, 3.8) is 0 Å². The number of amides is 2. The van der Waals surface area contributed by atoms with Crippen LogP contribution in [0.5, 0.6) is 0 Å². The third kappa shape index (κ3) is 3.48. The lowest BCUT2D eigenvalue weighted by molar-refractivity contribution is -0.123. The van der Waals surface area contributed by atoms with Crippen LogP contribution in [0.15, 0.2) is 30.3 Å². The number of benzene rings is 1. The highest BCUT2D eigenvalue weighted by Crippen LogP contribution is 2.28. The molecule has 0 bridgehead atoms. The third-order valence-electron chi connectivity index (χ3n) is 5.79. The van der Waals surface area contributed by atoms with Crippen molar-refractivity contribution in [1.29, 1.82) is 0 Å². The van der Waals surface area contributed by atoms with Crippen molar-refractivity contribution >= 4 is 11.8 Å². The Kier molecular flexibility index (Phi) is 4.97. The van der Waals surface area contributed by atoms with Gasteiger partial charge in [-0.25, -0.2) is 4.98 Å². The van der Waals surface area contributed by atoms with Crippen molar-refractivity contribution in [2.24, 2.45) is 11.7 Å². The second-order valence-corrected chi connectivity index (χ2v) is 7.53. The fraction of sp³-hybridized carbons (Fsp3) is 0.476. The molecule has 2 aliphatic rings. The first-order valence-corrected chi connectivity index (χ1v) is 9.88. The van der Waals surface area contributed by atoms with E-state index in [4.69, 9.17) is 10.7 Å². The molecule has 3 heterocycles. The second-order valence-electron chi connectivity index (χ2n) is 7.53. The standard InChI is InChI=1S/C21H26N4O2/c22-19(26)15-10-13-24(14-11-15)21(27)18-17-9-5-2-6-12-25(17)20(23-18)16-7-3-1-4-8-16/h1,3-4,7-8,15H,2,5-6,9-14H2,(H2,22,26). The van der Waals surface area contributed by atoms with Gasteiger partial charge in [0.2, 0.25) is 5.91 Å². The maximum absolute atomic E-state index is 13.2. The SMILES string of the molecule is NC(=O)C1CCN(C(=O)c2nc(-c3ccccc3)n3c2CCCCC3)CC1. The summed E-state index contributed by atoms with van der Waals surface area (Å²) in [6.07, 6.45) is 5.54. The molecule has 1 fully saturated rings. The summed E-state index contributed by atoms with van der Waals surface area (Å²) in [7, 11) is 0. The number of likely N-dealkylation sites (tertiary alicyclic amines) is 1. The minimum Gasteiger partial charge on any atom is -0.369 e. The smallest absolute Gasteiger partial charge is 0.274 e. The van der Waals surface area contributed by atoms with E-state index in [1.165, 1.54) is 6.42 Å². The molecule has 2 amide bonds. The van der Waals surface area contributed by atoms with E-state index in [0.29, 0.717) is 31.6 Å². The zero-order valence-corrected chi connectivity index (χ0v) is 15.6. The largest absolute Gasteiger partial charge is 0.369 e. The molecule has 0 radical (unpaired) electrons. The number of aromatic nitrogens is 2. The number of rotatable bonds is 3. The van der Waals surface area contributed by atoms with Crippen molar-refractivity contribution in [3.8, 4) is 11.4 Å². The summed E-state index contributed by atoms with van der Waals surface area (Å²) < 4.78 is 2.24. The quantitative estimate of drug-likeness (QED) is 0.907. The van der Waals surface area contributed by atoms with Gasteiger partial charge >= 0.3 is 0 Å². The predicted octanol–water partition coefficient (Wildman–Crippen LogP) is 2.61. The lowest BCUT2D eigenvalue weighted by atomic mass is 9.96. The molecular formula is C21H26N4O2. The summed E-state index contributed by atoms with van der Waals surface area (Å²) in [5, 5.41) is 0. The first-order chi connectivity index (χ1) is 13.1. The van der Waals surface area contributed by atoms with Gasteiger partial charge in [-0.2, -0.15) is 0 Å². The van der Waals surface area contributed by atoms with Crippen LogP contribution < -0.4 is 5.73 Å². The van der Waals surface area contributed by atoms with Crippen molar-refractivity contribution in [2.75, 3.05) is 13.1 Å². The minimum absolute atomic E-state index is 0.00856. The number of carbonyl (C=O) groups is 2. The van der Waals surface area contributed by atoms with Gasteiger partial charge in [-0.1, -0.05) is 36.8 Å². The van der Waals surface area contributed by atoms with Crippen molar-refractivity contribution in [1.82, 2.24) is 14.5 Å². The van der Waals surface area contributed by atoms with Gasteiger partial charge in [0.05, 0.1) is 5.69 Å². The normalized spacial score (nSPS) is 18.0. The molecule has 1 aromatic heterocycles. The van der Waals surface area contributed by atoms with Crippen LogP contribution in [-0.2, 0) is 17.8 Å². The molecule has 0 spiro atoms. The number of carbonyl (C=O) groups excluding carboxylic acids is 2. The Morgan fingerprint density at radius 1 is 1.00 bits per heavy atom. The molecule has 0 atom stereocenters. The number of nitrogens with zero attached hydrogens (tertiary/aromatic N) is 3. The van der Waals surface area contributed by atoms with Gasteiger partial charge in [0, 0.05) is 31.1 Å².